The molecule has 0 radical (unpaired) electrons. The first-order chi connectivity index (χ1) is 8.42. The quantitative estimate of drug-likeness (QED) is 0.714. The third kappa shape index (κ3) is 1.89. The van der Waals surface area contributed by atoms with Crippen LogP contribution in [0.3, 0.4) is 0 Å². The largest absolute Gasteiger partial charge is 0.377 e. The molecule has 0 aliphatic carbocycles. The molecule has 0 spiro atoms. The lowest BCUT2D eigenvalue weighted by Gasteiger charge is -2.48. The Hall–Kier alpha value is -0.520. The van der Waals surface area contributed by atoms with Gasteiger partial charge in [0.05, 0.1) is 6.10 Å². The molecule has 2 unspecified atom stereocenters. The Balaban J connectivity index is 2.34. The van der Waals surface area contributed by atoms with Gasteiger partial charge in [0.25, 0.3) is 5.91 Å². The zero-order valence-corrected chi connectivity index (χ0v) is 11.9. The summed E-state index contributed by atoms with van der Waals surface area (Å²) < 4.78 is 5.44. The number of methoxy groups -OCH3 is 1. The third-order valence-corrected chi connectivity index (χ3v) is 4.28. The van der Waals surface area contributed by atoms with Crippen LogP contribution in [0.5, 0.6) is 0 Å². The lowest BCUT2D eigenvalue weighted by molar-refractivity contribution is -0.168. The molecule has 0 aromatic heterocycles. The number of hydrogen-bond donors (Lipinski definition) is 0. The predicted molar refractivity (Wildman–Crippen MR) is 67.4 cm³/mol. The van der Waals surface area contributed by atoms with E-state index < -0.39 is 10.5 Å². The highest BCUT2D eigenvalue weighted by atomic mass is 35.5. The van der Waals surface area contributed by atoms with Gasteiger partial charge in [-0.1, -0.05) is 23.2 Å². The molecule has 2 saturated heterocycles. The summed E-state index contributed by atoms with van der Waals surface area (Å²) in [5.41, 5.74) is -0.775. The second kappa shape index (κ2) is 4.87. The molecule has 2 atom stereocenters. The van der Waals surface area contributed by atoms with Crippen LogP contribution in [0.25, 0.3) is 0 Å². The van der Waals surface area contributed by atoms with Gasteiger partial charge >= 0.3 is 0 Å². The predicted octanol–water partition coefficient (Wildman–Crippen LogP) is 0.986. The molecular weight excluding hydrogens is 279 g/mol. The first kappa shape index (κ1) is 13.9. The van der Waals surface area contributed by atoms with Gasteiger partial charge in [0.2, 0.25) is 5.91 Å². The summed E-state index contributed by atoms with van der Waals surface area (Å²) in [5.74, 6) is -0.332. The van der Waals surface area contributed by atoms with E-state index in [2.05, 4.69) is 0 Å². The second-order valence-corrected chi connectivity index (χ2v) is 5.79. The number of hydrogen-bond acceptors (Lipinski definition) is 3. The lowest BCUT2D eigenvalue weighted by Crippen LogP contribution is -2.65. The van der Waals surface area contributed by atoms with E-state index in [-0.39, 0.29) is 17.9 Å². The summed E-state index contributed by atoms with van der Waals surface area (Å²) in [5, 5.41) is 0. The molecule has 2 aliphatic heterocycles. The normalized spacial score (nSPS) is 32.1. The first-order valence-electron chi connectivity index (χ1n) is 5.85. The molecule has 0 saturated carbocycles. The van der Waals surface area contributed by atoms with Crippen molar-refractivity contribution in [3.05, 3.63) is 0 Å². The Labute approximate surface area is 116 Å². The maximum atomic E-state index is 12.0. The van der Waals surface area contributed by atoms with Gasteiger partial charge in [-0.25, -0.2) is 0 Å². The number of piperidine rings is 1. The number of carbonyl (C=O) groups excluding carboxylic acids is 2. The summed E-state index contributed by atoms with van der Waals surface area (Å²) in [7, 11) is 1.59. The van der Waals surface area contributed by atoms with Crippen LogP contribution >= 0.6 is 23.2 Å². The SMILES string of the molecule is COC1CCC(=O)N2CCN(C(=O)C(Cl)Cl)C12C. The molecular formula is C11H16Cl2N2O3. The van der Waals surface area contributed by atoms with Gasteiger partial charge in [0.15, 0.2) is 4.84 Å². The minimum atomic E-state index is -1.11. The zero-order chi connectivity index (χ0) is 13.5. The number of halogens is 2. The van der Waals surface area contributed by atoms with Crippen molar-refractivity contribution in [2.75, 3.05) is 20.2 Å². The van der Waals surface area contributed by atoms with Crippen LogP contribution in [-0.2, 0) is 14.3 Å². The van der Waals surface area contributed by atoms with E-state index in [1.807, 2.05) is 6.92 Å². The first-order valence-corrected chi connectivity index (χ1v) is 6.73. The Morgan fingerprint density at radius 1 is 1.50 bits per heavy atom. The molecule has 2 fully saturated rings. The third-order valence-electron chi connectivity index (χ3n) is 3.91. The van der Waals surface area contributed by atoms with E-state index in [9.17, 15) is 9.59 Å². The molecule has 0 N–H and O–H groups in total. The van der Waals surface area contributed by atoms with Crippen molar-refractivity contribution in [1.82, 2.24) is 9.80 Å². The number of ether oxygens (including phenoxy) is 1. The van der Waals surface area contributed by atoms with Crippen molar-refractivity contribution in [2.45, 2.75) is 36.4 Å². The second-order valence-electron chi connectivity index (χ2n) is 4.69. The number of alkyl halides is 2. The van der Waals surface area contributed by atoms with Crippen molar-refractivity contribution in [2.24, 2.45) is 0 Å². The van der Waals surface area contributed by atoms with Gasteiger partial charge in [-0.3, -0.25) is 9.59 Å². The van der Waals surface area contributed by atoms with E-state index >= 15 is 0 Å². The molecule has 5 nitrogen and oxygen atoms in total. The van der Waals surface area contributed by atoms with Crippen LogP contribution in [-0.4, -0.2) is 58.4 Å². The summed E-state index contributed by atoms with van der Waals surface area (Å²) in [4.78, 5) is 26.1. The Morgan fingerprint density at radius 3 is 2.72 bits per heavy atom. The number of carbonyl (C=O) groups is 2. The molecule has 2 rings (SSSR count). The highest BCUT2D eigenvalue weighted by molar-refractivity contribution is 6.53. The average Bonchev–Trinajstić information content (AvgIpc) is 2.67. The smallest absolute Gasteiger partial charge is 0.257 e. The van der Waals surface area contributed by atoms with Crippen molar-refractivity contribution in [1.29, 1.82) is 0 Å². The summed E-state index contributed by atoms with van der Waals surface area (Å²) in [6, 6.07) is 0. The Bertz CT molecular complexity index is 377. The number of nitrogens with zero attached hydrogens (tertiary/aromatic N) is 2. The van der Waals surface area contributed by atoms with Crippen LogP contribution < -0.4 is 0 Å². The monoisotopic (exact) mass is 294 g/mol. The highest BCUT2D eigenvalue weighted by Crippen LogP contribution is 2.38. The molecule has 0 aromatic carbocycles. The van der Waals surface area contributed by atoms with E-state index in [0.29, 0.717) is 25.9 Å². The van der Waals surface area contributed by atoms with Gasteiger partial charge in [0.1, 0.15) is 5.66 Å². The zero-order valence-electron chi connectivity index (χ0n) is 10.4. The van der Waals surface area contributed by atoms with Crippen LogP contribution in [0.15, 0.2) is 0 Å². The summed E-state index contributed by atoms with van der Waals surface area (Å²) >= 11 is 11.3. The van der Waals surface area contributed by atoms with Crippen LogP contribution in [0.1, 0.15) is 19.8 Å². The standard InChI is InChI=1S/C11H16Cl2N2O3/c1-11-7(18-2)3-4-8(16)14(11)5-6-15(11)10(17)9(12)13/h7,9H,3-6H2,1-2H3. The molecule has 2 aliphatic rings. The fraction of sp³-hybridized carbons (Fsp3) is 0.818. The van der Waals surface area contributed by atoms with Crippen molar-refractivity contribution >= 4 is 35.0 Å². The van der Waals surface area contributed by atoms with Crippen LogP contribution in [0, 0.1) is 0 Å². The van der Waals surface area contributed by atoms with Crippen LogP contribution in [0.2, 0.25) is 0 Å². The minimum Gasteiger partial charge on any atom is -0.377 e. The van der Waals surface area contributed by atoms with Gasteiger partial charge in [-0.15, -0.1) is 0 Å². The summed E-state index contributed by atoms with van der Waals surface area (Å²) in [6.07, 6.45) is 0.830. The molecule has 2 heterocycles. The van der Waals surface area contributed by atoms with Crippen molar-refractivity contribution in [3.8, 4) is 0 Å². The molecule has 0 bridgehead atoms. The maximum Gasteiger partial charge on any atom is 0.257 e. The van der Waals surface area contributed by atoms with Crippen LogP contribution in [0.4, 0.5) is 0 Å². The molecule has 7 heteroatoms. The molecule has 2 amide bonds. The van der Waals surface area contributed by atoms with E-state index in [1.165, 1.54) is 0 Å². The number of amides is 2. The number of rotatable bonds is 2. The topological polar surface area (TPSA) is 49.9 Å². The maximum absolute atomic E-state index is 12.0. The fourth-order valence-electron chi connectivity index (χ4n) is 2.98. The summed E-state index contributed by atoms with van der Waals surface area (Å²) in [6.45, 7) is 2.78. The van der Waals surface area contributed by atoms with Crippen molar-refractivity contribution < 1.29 is 14.3 Å². The van der Waals surface area contributed by atoms with E-state index in [1.54, 1.807) is 16.9 Å². The van der Waals surface area contributed by atoms with E-state index in [4.69, 9.17) is 27.9 Å². The Kier molecular flexibility index (Phi) is 3.76. The highest BCUT2D eigenvalue weighted by Gasteiger charge is 2.56. The minimum absolute atomic E-state index is 0.0433. The Morgan fingerprint density at radius 2 is 2.17 bits per heavy atom. The van der Waals surface area contributed by atoms with Gasteiger partial charge in [0, 0.05) is 26.6 Å². The van der Waals surface area contributed by atoms with E-state index in [0.717, 1.165) is 0 Å². The lowest BCUT2D eigenvalue weighted by atomic mass is 9.93. The average molecular weight is 295 g/mol. The van der Waals surface area contributed by atoms with Crippen molar-refractivity contribution in [3.63, 3.8) is 0 Å². The fourth-order valence-corrected chi connectivity index (χ4v) is 3.21. The molecule has 102 valence electrons. The number of fused-ring (bicyclic) bond motifs is 1. The molecule has 0 aromatic rings. The van der Waals surface area contributed by atoms with Gasteiger partial charge in [-0.2, -0.15) is 0 Å². The van der Waals surface area contributed by atoms with Gasteiger partial charge in [-0.05, 0) is 13.3 Å². The van der Waals surface area contributed by atoms with Gasteiger partial charge < -0.3 is 14.5 Å². The molecule has 18 heavy (non-hydrogen) atoms.